The lowest BCUT2D eigenvalue weighted by atomic mass is 10.1. The number of nitrogens with one attached hydrogen (secondary N) is 2. The zero-order chi connectivity index (χ0) is 20.1. The van der Waals surface area contributed by atoms with Gasteiger partial charge in [-0.1, -0.05) is 11.3 Å². The number of aromatic nitrogens is 3. The number of anilines is 3. The van der Waals surface area contributed by atoms with Crippen molar-refractivity contribution >= 4 is 33.9 Å². The second-order valence-corrected chi connectivity index (χ2v) is 7.46. The molecule has 0 amide bonds. The van der Waals surface area contributed by atoms with E-state index in [9.17, 15) is 4.79 Å². The van der Waals surface area contributed by atoms with Crippen molar-refractivity contribution < 1.29 is 9.53 Å². The van der Waals surface area contributed by atoms with Crippen LogP contribution in [0.15, 0.2) is 36.5 Å². The highest BCUT2D eigenvalue weighted by Crippen LogP contribution is 2.32. The quantitative estimate of drug-likeness (QED) is 0.548. The lowest BCUT2D eigenvalue weighted by molar-refractivity contribution is 0.101. The van der Waals surface area contributed by atoms with Gasteiger partial charge in [-0.05, 0) is 51.1 Å². The van der Waals surface area contributed by atoms with Crippen LogP contribution < -0.4 is 10.6 Å². The maximum absolute atomic E-state index is 11.4. The third-order valence-electron chi connectivity index (χ3n) is 4.02. The van der Waals surface area contributed by atoms with Gasteiger partial charge in [0.05, 0.1) is 22.9 Å². The molecule has 1 unspecified atom stereocenters. The average Bonchev–Trinajstić information content (AvgIpc) is 3.02. The lowest BCUT2D eigenvalue weighted by Crippen LogP contribution is -2.20. The second-order valence-electron chi connectivity index (χ2n) is 6.46. The van der Waals surface area contributed by atoms with Gasteiger partial charge in [0.15, 0.2) is 10.9 Å². The summed E-state index contributed by atoms with van der Waals surface area (Å²) in [6, 6.07) is 9.27. The van der Waals surface area contributed by atoms with E-state index in [0.29, 0.717) is 18.1 Å². The van der Waals surface area contributed by atoms with E-state index >= 15 is 0 Å². The Kier molecular flexibility index (Phi) is 6.33. The number of aryl methyl sites for hydroxylation is 1. The van der Waals surface area contributed by atoms with Crippen molar-refractivity contribution in [1.82, 2.24) is 15.0 Å². The summed E-state index contributed by atoms with van der Waals surface area (Å²) in [5.41, 5.74) is 3.20. The van der Waals surface area contributed by atoms with Gasteiger partial charge in [-0.3, -0.25) is 4.79 Å². The van der Waals surface area contributed by atoms with Gasteiger partial charge in [-0.2, -0.15) is 0 Å². The third-order valence-corrected chi connectivity index (χ3v) is 5.13. The molecule has 2 aromatic heterocycles. The number of hydrogen-bond donors (Lipinski definition) is 2. The lowest BCUT2D eigenvalue weighted by Gasteiger charge is -2.10. The number of ketones is 1. The Morgan fingerprint density at radius 2 is 1.96 bits per heavy atom. The molecule has 0 saturated heterocycles. The first kappa shape index (κ1) is 19.9. The molecule has 1 atom stereocenters. The minimum absolute atomic E-state index is 0.0368. The molecule has 0 saturated carbocycles. The van der Waals surface area contributed by atoms with E-state index in [-0.39, 0.29) is 11.8 Å². The number of thiazole rings is 1. The van der Waals surface area contributed by atoms with Gasteiger partial charge in [-0.15, -0.1) is 0 Å². The molecule has 146 valence electrons. The van der Waals surface area contributed by atoms with Gasteiger partial charge < -0.3 is 15.4 Å². The van der Waals surface area contributed by atoms with Crippen molar-refractivity contribution in [3.63, 3.8) is 0 Å². The van der Waals surface area contributed by atoms with Gasteiger partial charge in [0.1, 0.15) is 0 Å². The molecular formula is C20H23N5O2S. The van der Waals surface area contributed by atoms with Gasteiger partial charge in [0, 0.05) is 30.6 Å². The van der Waals surface area contributed by atoms with Crippen LogP contribution in [-0.4, -0.2) is 40.5 Å². The van der Waals surface area contributed by atoms with Crippen LogP contribution in [0.3, 0.4) is 0 Å². The number of ether oxygens (including phenoxy) is 1. The minimum atomic E-state index is 0.0368. The third kappa shape index (κ3) is 4.90. The molecule has 0 aliphatic heterocycles. The van der Waals surface area contributed by atoms with Crippen LogP contribution in [0.25, 0.3) is 10.6 Å². The fourth-order valence-corrected chi connectivity index (χ4v) is 3.71. The monoisotopic (exact) mass is 397 g/mol. The van der Waals surface area contributed by atoms with Gasteiger partial charge >= 0.3 is 0 Å². The number of rotatable bonds is 8. The largest absolute Gasteiger partial charge is 0.383 e. The normalized spacial score (nSPS) is 11.9. The first-order valence-electron chi connectivity index (χ1n) is 8.90. The Bertz CT molecular complexity index is 955. The first-order chi connectivity index (χ1) is 13.5. The standard InChI is InChI=1S/C20H23N5O2S/c1-12(11-27-4)22-20-23-13(2)18(28-20)17-9-10-21-19(25-17)24-16-7-5-15(6-8-16)14(3)26/h5-10,12H,11H2,1-4H3,(H,22,23)(H,21,24,25). The number of carbonyl (C=O) groups excluding carboxylic acids is 1. The molecule has 2 heterocycles. The average molecular weight is 398 g/mol. The summed E-state index contributed by atoms with van der Waals surface area (Å²) >= 11 is 1.55. The Morgan fingerprint density at radius 3 is 2.64 bits per heavy atom. The summed E-state index contributed by atoms with van der Waals surface area (Å²) in [5.74, 6) is 0.526. The summed E-state index contributed by atoms with van der Waals surface area (Å²) in [5, 5.41) is 7.35. The van der Waals surface area contributed by atoms with Crippen LogP contribution in [0.5, 0.6) is 0 Å². The Balaban J connectivity index is 1.77. The molecular weight excluding hydrogens is 374 g/mol. The van der Waals surface area contributed by atoms with Crippen molar-refractivity contribution in [3.8, 4) is 10.6 Å². The summed E-state index contributed by atoms with van der Waals surface area (Å²) in [6.45, 7) is 6.17. The zero-order valence-electron chi connectivity index (χ0n) is 16.3. The van der Waals surface area contributed by atoms with Crippen LogP contribution in [0, 0.1) is 6.92 Å². The van der Waals surface area contributed by atoms with Crippen LogP contribution in [0.2, 0.25) is 0 Å². The second kappa shape index (κ2) is 8.90. The summed E-state index contributed by atoms with van der Waals surface area (Å²) in [7, 11) is 1.68. The molecule has 3 aromatic rings. The van der Waals surface area contributed by atoms with Crippen molar-refractivity contribution in [2.45, 2.75) is 26.8 Å². The van der Waals surface area contributed by atoms with Gasteiger partial charge in [-0.25, -0.2) is 15.0 Å². The van der Waals surface area contributed by atoms with Crippen LogP contribution in [0.4, 0.5) is 16.8 Å². The molecule has 0 fully saturated rings. The Labute approximate surface area is 168 Å². The molecule has 8 heteroatoms. The number of hydrogen-bond acceptors (Lipinski definition) is 8. The Hall–Kier alpha value is -2.84. The highest BCUT2D eigenvalue weighted by atomic mass is 32.1. The van der Waals surface area contributed by atoms with Gasteiger partial charge in [0.25, 0.3) is 0 Å². The Morgan fingerprint density at radius 1 is 1.21 bits per heavy atom. The van der Waals surface area contributed by atoms with Crippen molar-refractivity contribution in [2.24, 2.45) is 0 Å². The smallest absolute Gasteiger partial charge is 0.227 e. The van der Waals surface area contributed by atoms with Crippen LogP contribution in [-0.2, 0) is 4.74 Å². The number of nitrogens with zero attached hydrogens (tertiary/aromatic N) is 3. The highest BCUT2D eigenvalue weighted by molar-refractivity contribution is 7.19. The molecule has 0 spiro atoms. The number of benzene rings is 1. The fourth-order valence-electron chi connectivity index (χ4n) is 2.66. The minimum Gasteiger partial charge on any atom is -0.383 e. The molecule has 3 rings (SSSR count). The van der Waals surface area contributed by atoms with Crippen molar-refractivity contribution in [3.05, 3.63) is 47.8 Å². The summed E-state index contributed by atoms with van der Waals surface area (Å²) in [6.07, 6.45) is 1.72. The van der Waals surface area contributed by atoms with E-state index < -0.39 is 0 Å². The zero-order valence-corrected chi connectivity index (χ0v) is 17.1. The molecule has 2 N–H and O–H groups in total. The first-order valence-corrected chi connectivity index (χ1v) is 9.72. The van der Waals surface area contributed by atoms with E-state index in [0.717, 1.165) is 27.1 Å². The van der Waals surface area contributed by atoms with Crippen molar-refractivity contribution in [2.75, 3.05) is 24.4 Å². The van der Waals surface area contributed by atoms with E-state index in [1.807, 2.05) is 32.0 Å². The van der Waals surface area contributed by atoms with E-state index in [1.165, 1.54) is 0 Å². The molecule has 0 radical (unpaired) electrons. The highest BCUT2D eigenvalue weighted by Gasteiger charge is 2.13. The molecule has 0 aliphatic rings. The fraction of sp³-hybridized carbons (Fsp3) is 0.300. The maximum Gasteiger partial charge on any atom is 0.227 e. The summed E-state index contributed by atoms with van der Waals surface area (Å²) in [4.78, 5) is 25.9. The van der Waals surface area contributed by atoms with Crippen LogP contribution in [0.1, 0.15) is 29.9 Å². The molecule has 0 aliphatic carbocycles. The molecule has 0 bridgehead atoms. The number of Topliss-reactive ketones (excluding diaryl/α,β-unsaturated/α-hetero) is 1. The number of methoxy groups -OCH3 is 1. The maximum atomic E-state index is 11.4. The topological polar surface area (TPSA) is 89.0 Å². The predicted molar refractivity (Wildman–Crippen MR) is 113 cm³/mol. The predicted octanol–water partition coefficient (Wildman–Crippen LogP) is 4.30. The number of carbonyl (C=O) groups is 1. The SMILES string of the molecule is COCC(C)Nc1nc(C)c(-c2ccnc(Nc3ccc(C(C)=O)cc3)n2)s1. The van der Waals surface area contributed by atoms with Gasteiger partial charge in [0.2, 0.25) is 5.95 Å². The molecule has 28 heavy (non-hydrogen) atoms. The van der Waals surface area contributed by atoms with E-state index in [1.54, 1.807) is 43.7 Å². The summed E-state index contributed by atoms with van der Waals surface area (Å²) < 4.78 is 5.16. The van der Waals surface area contributed by atoms with Crippen LogP contribution >= 0.6 is 11.3 Å². The van der Waals surface area contributed by atoms with E-state index in [2.05, 4.69) is 25.6 Å². The molecule has 7 nitrogen and oxygen atoms in total. The van der Waals surface area contributed by atoms with E-state index in [4.69, 9.17) is 4.74 Å². The van der Waals surface area contributed by atoms with Crippen molar-refractivity contribution in [1.29, 1.82) is 0 Å². The molecule has 1 aromatic carbocycles.